The first-order valence-corrected chi connectivity index (χ1v) is 15.1. The number of carbonyl (C=O) groups is 3. The zero-order chi connectivity index (χ0) is 34.1. The number of nitrogens with one attached hydrogen (secondary N) is 2. The van der Waals surface area contributed by atoms with Gasteiger partial charge in [0.05, 0.1) is 16.7 Å². The Morgan fingerprint density at radius 1 is 0.702 bits per heavy atom. The lowest BCUT2D eigenvalue weighted by molar-refractivity contribution is -0.134. The number of ether oxygens (including phenoxy) is 1. The average molecular weight is 651 g/mol. The third-order valence-corrected chi connectivity index (χ3v) is 7.61. The quantitative estimate of drug-likeness (QED) is 0.0941. The number of unbranched alkanes of at least 4 members (excludes halogenated alkanes) is 2. The molecule has 14 nitrogen and oxygen atoms in total. The first-order chi connectivity index (χ1) is 22.5. The number of phenols is 6. The Morgan fingerprint density at radius 2 is 1.17 bits per heavy atom. The van der Waals surface area contributed by atoms with Crippen LogP contribution in [-0.4, -0.2) is 97.5 Å². The summed E-state index contributed by atoms with van der Waals surface area (Å²) in [4.78, 5) is 44.6. The van der Waals surface area contributed by atoms with Gasteiger partial charge in [0.2, 0.25) is 5.90 Å². The molecule has 2 atom stereocenters. The molecule has 0 bridgehead atoms. The number of hydrogen-bond acceptors (Lipinski definition) is 11. The maximum atomic E-state index is 13.7. The molecule has 0 saturated carbocycles. The molecular weight excluding hydrogens is 612 g/mol. The van der Waals surface area contributed by atoms with Crippen LogP contribution in [0.2, 0.25) is 0 Å². The van der Waals surface area contributed by atoms with Gasteiger partial charge in [-0.05, 0) is 69.0 Å². The third kappa shape index (κ3) is 8.34. The van der Waals surface area contributed by atoms with Gasteiger partial charge in [0.15, 0.2) is 40.5 Å². The lowest BCUT2D eigenvalue weighted by atomic mass is 10.1. The van der Waals surface area contributed by atoms with Crippen LogP contribution in [0.3, 0.4) is 0 Å². The van der Waals surface area contributed by atoms with Crippen molar-refractivity contribution in [3.63, 3.8) is 0 Å². The summed E-state index contributed by atoms with van der Waals surface area (Å²) >= 11 is 0. The Bertz CT molecular complexity index is 1570. The molecule has 3 aromatic carbocycles. The number of hydrogen-bond donors (Lipinski definition) is 8. The standard InChI is InChI=1S/C33H38N4O10/c1-19-26(36-32(47-19)22-11-8-14-25(40)29(22)43)33(46)37(17-4-2-15-34-30(44)20-9-6-12-23(38)27(20)41)18-5-3-16-35-31(45)21-10-7-13-24(39)28(21)42/h6-14,19,26,38-43H,2-5,15-18H2,1H3,(H,34,44)(H,35,45)/t19-,26?/m1/s1. The van der Waals surface area contributed by atoms with Crippen LogP contribution in [0.5, 0.6) is 34.5 Å². The smallest absolute Gasteiger partial charge is 0.255 e. The molecule has 1 heterocycles. The van der Waals surface area contributed by atoms with Crippen LogP contribution in [0.15, 0.2) is 59.6 Å². The van der Waals surface area contributed by atoms with Gasteiger partial charge in [0.1, 0.15) is 6.10 Å². The lowest BCUT2D eigenvalue weighted by Gasteiger charge is -2.26. The molecule has 0 aromatic heterocycles. The van der Waals surface area contributed by atoms with Gasteiger partial charge in [-0.2, -0.15) is 0 Å². The van der Waals surface area contributed by atoms with E-state index in [2.05, 4.69) is 15.6 Å². The van der Waals surface area contributed by atoms with Crippen LogP contribution in [0.1, 0.15) is 58.9 Å². The minimum absolute atomic E-state index is 0.0278. The molecular formula is C33H38N4O10. The van der Waals surface area contributed by atoms with Crippen molar-refractivity contribution >= 4 is 23.6 Å². The minimum atomic E-state index is -0.923. The summed E-state index contributed by atoms with van der Waals surface area (Å²) in [5.41, 5.74) is 0.0328. The number of carbonyl (C=O) groups excluding carboxylic acids is 3. The molecule has 0 spiro atoms. The summed E-state index contributed by atoms with van der Waals surface area (Å²) in [5.74, 6) is -4.00. The number of rotatable bonds is 14. The molecule has 4 rings (SSSR count). The second-order valence-electron chi connectivity index (χ2n) is 11.0. The maximum Gasteiger partial charge on any atom is 0.255 e. The van der Waals surface area contributed by atoms with E-state index in [-0.39, 0.29) is 47.3 Å². The van der Waals surface area contributed by atoms with Crippen molar-refractivity contribution < 1.29 is 49.8 Å². The van der Waals surface area contributed by atoms with E-state index >= 15 is 0 Å². The number of aromatic hydroxyl groups is 6. The Balaban J connectivity index is 1.36. The fourth-order valence-corrected chi connectivity index (χ4v) is 4.99. The van der Waals surface area contributed by atoms with Gasteiger partial charge >= 0.3 is 0 Å². The van der Waals surface area contributed by atoms with Crippen molar-refractivity contribution in [2.45, 2.75) is 44.8 Å². The molecule has 0 radical (unpaired) electrons. The normalized spacial score (nSPS) is 15.4. The second kappa shape index (κ2) is 15.6. The molecule has 3 aromatic rings. The Kier molecular flexibility index (Phi) is 11.3. The maximum absolute atomic E-state index is 13.7. The van der Waals surface area contributed by atoms with Crippen molar-refractivity contribution in [2.24, 2.45) is 4.99 Å². The largest absolute Gasteiger partial charge is 0.504 e. The first kappa shape index (κ1) is 34.2. The molecule has 47 heavy (non-hydrogen) atoms. The molecule has 1 unspecified atom stereocenters. The highest BCUT2D eigenvalue weighted by Crippen LogP contribution is 2.32. The highest BCUT2D eigenvalue weighted by atomic mass is 16.5. The molecule has 250 valence electrons. The van der Waals surface area contributed by atoms with Gasteiger partial charge in [-0.3, -0.25) is 14.4 Å². The Labute approximate surface area is 270 Å². The number of aliphatic imine (C=N–C) groups is 1. The summed E-state index contributed by atoms with van der Waals surface area (Å²) in [6.07, 6.45) is 1.31. The predicted octanol–water partition coefficient (Wildman–Crippen LogP) is 2.70. The predicted molar refractivity (Wildman–Crippen MR) is 170 cm³/mol. The van der Waals surface area contributed by atoms with Gasteiger partial charge in [-0.25, -0.2) is 4.99 Å². The van der Waals surface area contributed by atoms with Crippen LogP contribution in [-0.2, 0) is 9.53 Å². The highest BCUT2D eigenvalue weighted by molar-refractivity contribution is 6.01. The van der Waals surface area contributed by atoms with Crippen molar-refractivity contribution in [3.8, 4) is 34.5 Å². The number of amides is 3. The topological polar surface area (TPSA) is 221 Å². The number of nitrogens with zero attached hydrogens (tertiary/aromatic N) is 2. The van der Waals surface area contributed by atoms with E-state index in [9.17, 15) is 45.0 Å². The van der Waals surface area contributed by atoms with Crippen LogP contribution in [0.4, 0.5) is 0 Å². The van der Waals surface area contributed by atoms with Crippen molar-refractivity contribution in [3.05, 3.63) is 71.3 Å². The van der Waals surface area contributed by atoms with Crippen LogP contribution in [0.25, 0.3) is 0 Å². The number of para-hydroxylation sites is 3. The zero-order valence-corrected chi connectivity index (χ0v) is 25.7. The van der Waals surface area contributed by atoms with Gasteiger partial charge in [-0.15, -0.1) is 0 Å². The molecule has 0 fully saturated rings. The number of benzene rings is 3. The van der Waals surface area contributed by atoms with E-state index < -0.39 is 52.7 Å². The second-order valence-corrected chi connectivity index (χ2v) is 11.0. The van der Waals surface area contributed by atoms with E-state index in [0.717, 1.165) is 0 Å². The summed E-state index contributed by atoms with van der Waals surface area (Å²) in [5, 5.41) is 64.7. The van der Waals surface area contributed by atoms with E-state index in [1.54, 1.807) is 11.8 Å². The van der Waals surface area contributed by atoms with Gasteiger partial charge in [0.25, 0.3) is 17.7 Å². The van der Waals surface area contributed by atoms with E-state index in [4.69, 9.17) is 4.74 Å². The fraction of sp³-hybridized carbons (Fsp3) is 0.333. The SMILES string of the molecule is C[C@H]1OC(c2cccc(O)c2O)=NC1C(=O)N(CCCCNC(=O)c1cccc(O)c1O)CCCCNC(=O)c1cccc(O)c1O. The van der Waals surface area contributed by atoms with Crippen LogP contribution >= 0.6 is 0 Å². The number of phenolic OH excluding ortho intramolecular Hbond substituents is 6. The van der Waals surface area contributed by atoms with Gasteiger partial charge < -0.3 is 50.9 Å². The molecule has 1 aliphatic rings. The zero-order valence-electron chi connectivity index (χ0n) is 25.7. The van der Waals surface area contributed by atoms with E-state index in [0.29, 0.717) is 38.8 Å². The fourth-order valence-electron chi connectivity index (χ4n) is 4.99. The van der Waals surface area contributed by atoms with Crippen molar-refractivity contribution in [2.75, 3.05) is 26.2 Å². The summed E-state index contributed by atoms with van der Waals surface area (Å²) in [6, 6.07) is 11.6. The Hall–Kier alpha value is -5.66. The van der Waals surface area contributed by atoms with E-state index in [1.165, 1.54) is 54.6 Å². The Morgan fingerprint density at radius 3 is 1.68 bits per heavy atom. The monoisotopic (exact) mass is 650 g/mol. The van der Waals surface area contributed by atoms with E-state index in [1.807, 2.05) is 0 Å². The average Bonchev–Trinajstić information content (AvgIpc) is 3.44. The minimum Gasteiger partial charge on any atom is -0.504 e. The molecule has 14 heteroatoms. The molecule has 0 saturated heterocycles. The highest BCUT2D eigenvalue weighted by Gasteiger charge is 2.37. The molecule has 8 N–H and O–H groups in total. The molecule has 0 aliphatic carbocycles. The van der Waals surface area contributed by atoms with Crippen LogP contribution in [0, 0.1) is 0 Å². The first-order valence-electron chi connectivity index (χ1n) is 15.1. The lowest BCUT2D eigenvalue weighted by Crippen LogP contribution is -2.43. The van der Waals surface area contributed by atoms with Gasteiger partial charge in [-0.1, -0.05) is 18.2 Å². The van der Waals surface area contributed by atoms with Crippen molar-refractivity contribution in [1.82, 2.24) is 15.5 Å². The van der Waals surface area contributed by atoms with Crippen molar-refractivity contribution in [1.29, 1.82) is 0 Å². The summed E-state index contributed by atoms with van der Waals surface area (Å²) in [7, 11) is 0. The molecule has 3 amide bonds. The third-order valence-electron chi connectivity index (χ3n) is 7.61. The van der Waals surface area contributed by atoms with Gasteiger partial charge in [0, 0.05) is 26.2 Å². The van der Waals surface area contributed by atoms with Crippen LogP contribution < -0.4 is 10.6 Å². The molecule has 1 aliphatic heterocycles. The summed E-state index contributed by atoms with van der Waals surface area (Å²) < 4.78 is 5.79. The summed E-state index contributed by atoms with van der Waals surface area (Å²) in [6.45, 7) is 2.77.